The highest BCUT2D eigenvalue weighted by Crippen LogP contribution is 2.41. The Kier molecular flexibility index (Phi) is 7.21. The molecule has 1 aliphatic rings. The van der Waals surface area contributed by atoms with Crippen molar-refractivity contribution in [2.24, 2.45) is 11.7 Å². The highest BCUT2D eigenvalue weighted by Gasteiger charge is 2.27. The van der Waals surface area contributed by atoms with Crippen LogP contribution in [0.5, 0.6) is 0 Å². The lowest BCUT2D eigenvalue weighted by Crippen LogP contribution is -2.19. The molecule has 6 N–H and O–H groups in total. The summed E-state index contributed by atoms with van der Waals surface area (Å²) in [6, 6.07) is 14.1. The number of anilines is 1. The van der Waals surface area contributed by atoms with Gasteiger partial charge in [-0.3, -0.25) is 9.59 Å². The smallest absolute Gasteiger partial charge is 0.336 e. The molecular weight excluding hydrogens is 518 g/mol. The number of aliphatic hydroxyl groups excluding tert-OH is 1. The van der Waals surface area contributed by atoms with Gasteiger partial charge in [-0.25, -0.2) is 4.79 Å². The Morgan fingerprint density at radius 2 is 1.76 bits per heavy atom. The van der Waals surface area contributed by atoms with Gasteiger partial charge in [0.1, 0.15) is 0 Å². The van der Waals surface area contributed by atoms with Crippen molar-refractivity contribution < 1.29 is 24.6 Å². The lowest BCUT2D eigenvalue weighted by atomic mass is 9.85. The number of fused-ring (bicyclic) bond motifs is 3. The summed E-state index contributed by atoms with van der Waals surface area (Å²) in [5.74, 6) is -2.04. The van der Waals surface area contributed by atoms with E-state index < -0.39 is 17.8 Å². The van der Waals surface area contributed by atoms with Crippen molar-refractivity contribution in [1.82, 2.24) is 4.98 Å². The summed E-state index contributed by atoms with van der Waals surface area (Å²) in [5.41, 5.74) is 12.6. The molecule has 0 fully saturated rings. The summed E-state index contributed by atoms with van der Waals surface area (Å²) in [6.07, 6.45) is 2.28. The van der Waals surface area contributed by atoms with Crippen LogP contribution in [0.2, 0.25) is 0 Å². The highest BCUT2D eigenvalue weighted by atomic mass is 16.4. The van der Waals surface area contributed by atoms with Gasteiger partial charge in [0.25, 0.3) is 11.8 Å². The third-order valence-electron chi connectivity index (χ3n) is 8.20. The SMILES string of the molecule is Cc1c(NC(=O)c2ccc(C(C)(C)C)cc2C(=O)O)cccc1-c1ccc(C(N)=O)c2[nH]c3c(c12)CCC(CO)C3. The molecule has 0 radical (unpaired) electrons. The number of primary amides is 1. The van der Waals surface area contributed by atoms with E-state index in [1.807, 2.05) is 45.9 Å². The molecule has 3 aromatic carbocycles. The zero-order chi connectivity index (χ0) is 29.6. The average molecular weight is 554 g/mol. The summed E-state index contributed by atoms with van der Waals surface area (Å²) >= 11 is 0. The van der Waals surface area contributed by atoms with E-state index in [-0.39, 0.29) is 29.1 Å². The van der Waals surface area contributed by atoms with E-state index in [1.165, 1.54) is 0 Å². The number of nitrogens with one attached hydrogen (secondary N) is 2. The van der Waals surface area contributed by atoms with Crippen LogP contribution in [0, 0.1) is 12.8 Å². The molecule has 212 valence electrons. The molecule has 0 aliphatic heterocycles. The van der Waals surface area contributed by atoms with E-state index in [0.29, 0.717) is 23.2 Å². The molecule has 5 rings (SSSR count). The number of amides is 2. The summed E-state index contributed by atoms with van der Waals surface area (Å²) in [4.78, 5) is 41.2. The number of aromatic nitrogens is 1. The van der Waals surface area contributed by atoms with Crippen LogP contribution in [-0.2, 0) is 18.3 Å². The number of carbonyl (C=O) groups excluding carboxylic acids is 2. The molecule has 1 unspecified atom stereocenters. The predicted molar refractivity (Wildman–Crippen MR) is 160 cm³/mol. The second kappa shape index (κ2) is 10.5. The Bertz CT molecular complexity index is 1710. The van der Waals surface area contributed by atoms with Gasteiger partial charge in [-0.15, -0.1) is 0 Å². The fourth-order valence-corrected chi connectivity index (χ4v) is 5.84. The van der Waals surface area contributed by atoms with Crippen LogP contribution in [0.15, 0.2) is 48.5 Å². The lowest BCUT2D eigenvalue weighted by molar-refractivity contribution is 0.0692. The first-order chi connectivity index (χ1) is 19.4. The minimum atomic E-state index is -1.16. The number of carboxylic acid groups (broad SMARTS) is 1. The number of aliphatic hydroxyl groups is 1. The van der Waals surface area contributed by atoms with Crippen molar-refractivity contribution in [2.75, 3.05) is 11.9 Å². The van der Waals surface area contributed by atoms with E-state index in [9.17, 15) is 24.6 Å². The number of carboxylic acids is 1. The first kappa shape index (κ1) is 28.1. The minimum Gasteiger partial charge on any atom is -0.478 e. The Morgan fingerprint density at radius 3 is 2.41 bits per heavy atom. The normalized spacial score (nSPS) is 15.0. The molecule has 8 nitrogen and oxygen atoms in total. The van der Waals surface area contributed by atoms with Gasteiger partial charge in [0.15, 0.2) is 0 Å². The van der Waals surface area contributed by atoms with Crippen LogP contribution in [0.25, 0.3) is 22.0 Å². The van der Waals surface area contributed by atoms with Crippen molar-refractivity contribution in [2.45, 2.75) is 52.4 Å². The summed E-state index contributed by atoms with van der Waals surface area (Å²) in [6.45, 7) is 7.97. The first-order valence-electron chi connectivity index (χ1n) is 13.8. The van der Waals surface area contributed by atoms with Crippen molar-refractivity contribution in [3.8, 4) is 11.1 Å². The third-order valence-corrected chi connectivity index (χ3v) is 8.20. The maximum atomic E-state index is 13.4. The van der Waals surface area contributed by atoms with E-state index in [1.54, 1.807) is 30.3 Å². The van der Waals surface area contributed by atoms with E-state index in [4.69, 9.17) is 5.73 Å². The molecule has 41 heavy (non-hydrogen) atoms. The molecular formula is C33H35N3O5. The molecule has 0 saturated heterocycles. The van der Waals surface area contributed by atoms with Gasteiger partial charge in [-0.05, 0) is 89.6 Å². The standard InChI is InChI=1S/C33H35N3O5/c1-17-20(21-12-13-24(30(34)38)29-28(21)23-10-8-18(16-37)14-27(23)35-29)6-5-7-26(17)36-31(39)22-11-9-19(33(2,3)4)15-25(22)32(40)41/h5-7,9,11-13,15,18,35,37H,8,10,14,16H2,1-4H3,(H2,34,38)(H,36,39)(H,40,41). The van der Waals surface area contributed by atoms with E-state index in [0.717, 1.165) is 51.7 Å². The molecule has 1 heterocycles. The highest BCUT2D eigenvalue weighted by molar-refractivity contribution is 6.13. The third kappa shape index (κ3) is 5.11. The molecule has 0 bridgehead atoms. The monoisotopic (exact) mass is 553 g/mol. The number of rotatable bonds is 6. The Balaban J connectivity index is 1.58. The van der Waals surface area contributed by atoms with Crippen LogP contribution >= 0.6 is 0 Å². The topological polar surface area (TPSA) is 146 Å². The molecule has 2 amide bonds. The maximum absolute atomic E-state index is 13.4. The van der Waals surface area contributed by atoms with E-state index >= 15 is 0 Å². The zero-order valence-electron chi connectivity index (χ0n) is 23.7. The quantitative estimate of drug-likeness (QED) is 0.211. The van der Waals surface area contributed by atoms with Gasteiger partial charge in [0.05, 0.1) is 22.2 Å². The Morgan fingerprint density at radius 1 is 1.02 bits per heavy atom. The second-order valence-electron chi connectivity index (χ2n) is 11.9. The molecule has 1 aromatic heterocycles. The molecule has 1 atom stereocenters. The van der Waals surface area contributed by atoms with Crippen molar-refractivity contribution >= 4 is 34.4 Å². The van der Waals surface area contributed by atoms with Crippen LogP contribution in [0.3, 0.4) is 0 Å². The molecule has 1 aliphatic carbocycles. The lowest BCUT2D eigenvalue weighted by Gasteiger charge is -2.21. The second-order valence-corrected chi connectivity index (χ2v) is 11.9. The number of hydrogen-bond donors (Lipinski definition) is 5. The largest absolute Gasteiger partial charge is 0.478 e. The zero-order valence-corrected chi connectivity index (χ0v) is 23.7. The van der Waals surface area contributed by atoms with Crippen molar-refractivity contribution in [3.63, 3.8) is 0 Å². The van der Waals surface area contributed by atoms with Gasteiger partial charge in [0.2, 0.25) is 0 Å². The molecule has 8 heteroatoms. The number of benzene rings is 3. The van der Waals surface area contributed by atoms with Crippen LogP contribution in [-0.4, -0.2) is 39.6 Å². The number of aromatic carboxylic acids is 1. The van der Waals surface area contributed by atoms with Gasteiger partial charge >= 0.3 is 5.97 Å². The number of nitrogens with two attached hydrogens (primary N) is 1. The van der Waals surface area contributed by atoms with Gasteiger partial charge in [-0.2, -0.15) is 0 Å². The Hall–Kier alpha value is -4.43. The summed E-state index contributed by atoms with van der Waals surface area (Å²) in [7, 11) is 0. The predicted octanol–water partition coefficient (Wildman–Crippen LogP) is 5.59. The van der Waals surface area contributed by atoms with Gasteiger partial charge < -0.3 is 26.2 Å². The van der Waals surface area contributed by atoms with Crippen LogP contribution < -0.4 is 11.1 Å². The van der Waals surface area contributed by atoms with Crippen LogP contribution in [0.4, 0.5) is 5.69 Å². The van der Waals surface area contributed by atoms with Crippen molar-refractivity contribution in [3.05, 3.63) is 87.6 Å². The summed E-state index contributed by atoms with van der Waals surface area (Å²) in [5, 5.41) is 23.4. The summed E-state index contributed by atoms with van der Waals surface area (Å²) < 4.78 is 0. The number of carbonyl (C=O) groups is 3. The van der Waals surface area contributed by atoms with Crippen LogP contribution in [0.1, 0.15) is 80.7 Å². The van der Waals surface area contributed by atoms with Gasteiger partial charge in [-0.1, -0.05) is 45.0 Å². The fraction of sp³-hybridized carbons (Fsp3) is 0.303. The number of H-pyrrole nitrogens is 1. The number of hydrogen-bond acceptors (Lipinski definition) is 4. The molecule has 4 aromatic rings. The van der Waals surface area contributed by atoms with Crippen molar-refractivity contribution in [1.29, 1.82) is 0 Å². The number of aromatic amines is 1. The first-order valence-corrected chi connectivity index (χ1v) is 13.8. The average Bonchev–Trinajstić information content (AvgIpc) is 3.31. The Labute approximate surface area is 238 Å². The van der Waals surface area contributed by atoms with E-state index in [2.05, 4.69) is 10.3 Å². The molecule has 0 spiro atoms. The maximum Gasteiger partial charge on any atom is 0.336 e. The fourth-order valence-electron chi connectivity index (χ4n) is 5.84. The number of aryl methyl sites for hydroxylation is 1. The minimum absolute atomic E-state index is 0.0485. The van der Waals surface area contributed by atoms with Gasteiger partial charge in [0, 0.05) is 23.4 Å². The molecule has 0 saturated carbocycles.